The van der Waals surface area contributed by atoms with Crippen LogP contribution in [0.25, 0.3) is 0 Å². The van der Waals surface area contributed by atoms with Crippen molar-refractivity contribution < 1.29 is 0 Å². The van der Waals surface area contributed by atoms with Crippen LogP contribution in [0.3, 0.4) is 0 Å². The molecule has 0 saturated heterocycles. The molecule has 2 aromatic rings. The molecule has 20 heavy (non-hydrogen) atoms. The molecule has 106 valence electrons. The van der Waals surface area contributed by atoms with Crippen LogP contribution < -0.4 is 10.6 Å². The minimum atomic E-state index is 0.680. The Labute approximate surface area is 120 Å². The highest BCUT2D eigenvalue weighted by atomic mass is 15.1. The lowest BCUT2D eigenvalue weighted by atomic mass is 10.2. The zero-order chi connectivity index (χ0) is 14.2. The van der Waals surface area contributed by atoms with E-state index >= 15 is 0 Å². The SMILES string of the molecule is CCCCCNc1nccc(Nc2ccccc2C)n1. The summed E-state index contributed by atoms with van der Waals surface area (Å²) in [6, 6.07) is 10.0. The molecule has 0 unspecified atom stereocenters. The Bertz CT molecular complexity index is 540. The zero-order valence-electron chi connectivity index (χ0n) is 12.2. The van der Waals surface area contributed by atoms with E-state index in [4.69, 9.17) is 0 Å². The van der Waals surface area contributed by atoms with Crippen molar-refractivity contribution in [3.8, 4) is 0 Å². The molecular formula is C16H22N4. The topological polar surface area (TPSA) is 49.8 Å². The highest BCUT2D eigenvalue weighted by Gasteiger charge is 2.01. The highest BCUT2D eigenvalue weighted by molar-refractivity contribution is 5.60. The van der Waals surface area contributed by atoms with Gasteiger partial charge in [0.1, 0.15) is 5.82 Å². The van der Waals surface area contributed by atoms with Crippen LogP contribution in [0.5, 0.6) is 0 Å². The van der Waals surface area contributed by atoms with Crippen molar-refractivity contribution in [2.45, 2.75) is 33.1 Å². The summed E-state index contributed by atoms with van der Waals surface area (Å²) in [4.78, 5) is 8.71. The van der Waals surface area contributed by atoms with E-state index in [0.717, 1.165) is 24.5 Å². The number of anilines is 3. The number of para-hydroxylation sites is 1. The van der Waals surface area contributed by atoms with Gasteiger partial charge >= 0.3 is 0 Å². The molecule has 1 heterocycles. The first-order valence-corrected chi connectivity index (χ1v) is 7.19. The Morgan fingerprint density at radius 1 is 1.10 bits per heavy atom. The Kier molecular flexibility index (Phi) is 5.35. The van der Waals surface area contributed by atoms with E-state index in [-0.39, 0.29) is 0 Å². The fourth-order valence-corrected chi connectivity index (χ4v) is 1.94. The first kappa shape index (κ1) is 14.3. The Morgan fingerprint density at radius 2 is 1.95 bits per heavy atom. The Hall–Kier alpha value is -2.10. The fourth-order valence-electron chi connectivity index (χ4n) is 1.94. The lowest BCUT2D eigenvalue weighted by Gasteiger charge is -2.10. The Morgan fingerprint density at radius 3 is 2.75 bits per heavy atom. The molecule has 0 fully saturated rings. The molecule has 0 atom stereocenters. The van der Waals surface area contributed by atoms with Crippen molar-refractivity contribution in [3.05, 3.63) is 42.1 Å². The summed E-state index contributed by atoms with van der Waals surface area (Å²) >= 11 is 0. The third kappa shape index (κ3) is 4.23. The summed E-state index contributed by atoms with van der Waals surface area (Å²) in [5.41, 5.74) is 2.27. The molecule has 0 bridgehead atoms. The van der Waals surface area contributed by atoms with Gasteiger partial charge in [-0.15, -0.1) is 0 Å². The van der Waals surface area contributed by atoms with Crippen LogP contribution >= 0.6 is 0 Å². The summed E-state index contributed by atoms with van der Waals surface area (Å²) in [5.74, 6) is 1.49. The standard InChI is InChI=1S/C16H22N4/c1-3-4-7-11-17-16-18-12-10-15(20-16)19-14-9-6-5-8-13(14)2/h5-6,8-10,12H,3-4,7,11H2,1-2H3,(H2,17,18,19,20). The van der Waals surface area contributed by atoms with E-state index in [1.165, 1.54) is 18.4 Å². The molecule has 1 aromatic carbocycles. The van der Waals surface area contributed by atoms with E-state index in [0.29, 0.717) is 5.95 Å². The van der Waals surface area contributed by atoms with Crippen molar-refractivity contribution in [1.82, 2.24) is 9.97 Å². The molecule has 0 aliphatic rings. The summed E-state index contributed by atoms with van der Waals surface area (Å²) in [6.45, 7) is 5.19. The minimum absolute atomic E-state index is 0.680. The van der Waals surface area contributed by atoms with Gasteiger partial charge in [-0.2, -0.15) is 4.98 Å². The molecular weight excluding hydrogens is 248 g/mol. The van der Waals surface area contributed by atoms with Gasteiger partial charge in [-0.1, -0.05) is 38.0 Å². The van der Waals surface area contributed by atoms with Crippen molar-refractivity contribution >= 4 is 17.5 Å². The number of unbranched alkanes of at least 4 members (excludes halogenated alkanes) is 2. The van der Waals surface area contributed by atoms with E-state index in [1.807, 2.05) is 24.3 Å². The molecule has 4 heteroatoms. The monoisotopic (exact) mass is 270 g/mol. The molecule has 1 aromatic heterocycles. The largest absolute Gasteiger partial charge is 0.354 e. The lowest BCUT2D eigenvalue weighted by molar-refractivity contribution is 0.740. The van der Waals surface area contributed by atoms with Crippen LogP contribution in [0, 0.1) is 6.92 Å². The second-order valence-electron chi connectivity index (χ2n) is 4.84. The maximum atomic E-state index is 4.47. The van der Waals surface area contributed by atoms with E-state index in [1.54, 1.807) is 6.20 Å². The van der Waals surface area contributed by atoms with Crippen LogP contribution in [0.4, 0.5) is 17.5 Å². The molecule has 2 rings (SSSR count). The first-order valence-electron chi connectivity index (χ1n) is 7.19. The number of rotatable bonds is 7. The number of benzene rings is 1. The van der Waals surface area contributed by atoms with Crippen LogP contribution in [0.1, 0.15) is 31.7 Å². The second-order valence-corrected chi connectivity index (χ2v) is 4.84. The van der Waals surface area contributed by atoms with Gasteiger partial charge in [-0.3, -0.25) is 0 Å². The van der Waals surface area contributed by atoms with Gasteiger partial charge < -0.3 is 10.6 Å². The maximum Gasteiger partial charge on any atom is 0.224 e. The van der Waals surface area contributed by atoms with Gasteiger partial charge in [-0.05, 0) is 31.0 Å². The van der Waals surface area contributed by atoms with E-state index < -0.39 is 0 Å². The van der Waals surface area contributed by atoms with Gasteiger partial charge in [0, 0.05) is 18.4 Å². The molecule has 0 radical (unpaired) electrons. The summed E-state index contributed by atoms with van der Waals surface area (Å²) in [7, 11) is 0. The number of aromatic nitrogens is 2. The molecule has 0 aliphatic carbocycles. The Balaban J connectivity index is 1.97. The molecule has 0 saturated carbocycles. The van der Waals surface area contributed by atoms with Gasteiger partial charge in [-0.25, -0.2) is 4.98 Å². The fraction of sp³-hybridized carbons (Fsp3) is 0.375. The van der Waals surface area contributed by atoms with Gasteiger partial charge in [0.05, 0.1) is 0 Å². The molecule has 0 amide bonds. The average molecular weight is 270 g/mol. The van der Waals surface area contributed by atoms with Crippen LogP contribution in [-0.2, 0) is 0 Å². The molecule has 0 aliphatic heterocycles. The molecule has 4 nitrogen and oxygen atoms in total. The smallest absolute Gasteiger partial charge is 0.224 e. The van der Waals surface area contributed by atoms with Crippen molar-refractivity contribution in [1.29, 1.82) is 0 Å². The maximum absolute atomic E-state index is 4.47. The highest BCUT2D eigenvalue weighted by Crippen LogP contribution is 2.18. The minimum Gasteiger partial charge on any atom is -0.354 e. The number of aryl methyl sites for hydroxylation is 1. The van der Waals surface area contributed by atoms with Crippen LogP contribution in [-0.4, -0.2) is 16.5 Å². The third-order valence-electron chi connectivity index (χ3n) is 3.13. The zero-order valence-corrected chi connectivity index (χ0v) is 12.2. The van der Waals surface area contributed by atoms with Crippen molar-refractivity contribution in [2.75, 3.05) is 17.2 Å². The second kappa shape index (κ2) is 7.48. The third-order valence-corrected chi connectivity index (χ3v) is 3.13. The lowest BCUT2D eigenvalue weighted by Crippen LogP contribution is -2.06. The predicted molar refractivity (Wildman–Crippen MR) is 84.5 cm³/mol. The van der Waals surface area contributed by atoms with Crippen molar-refractivity contribution in [2.24, 2.45) is 0 Å². The van der Waals surface area contributed by atoms with Crippen molar-refractivity contribution in [3.63, 3.8) is 0 Å². The summed E-state index contributed by atoms with van der Waals surface area (Å²) in [6.07, 6.45) is 5.37. The van der Waals surface area contributed by atoms with Gasteiger partial charge in [0.25, 0.3) is 0 Å². The summed E-state index contributed by atoms with van der Waals surface area (Å²) in [5, 5.41) is 6.58. The van der Waals surface area contributed by atoms with Crippen LogP contribution in [0.15, 0.2) is 36.5 Å². The van der Waals surface area contributed by atoms with E-state index in [2.05, 4.69) is 40.5 Å². The van der Waals surface area contributed by atoms with Gasteiger partial charge in [0.15, 0.2) is 0 Å². The van der Waals surface area contributed by atoms with E-state index in [9.17, 15) is 0 Å². The number of nitrogens with one attached hydrogen (secondary N) is 2. The number of hydrogen-bond donors (Lipinski definition) is 2. The molecule has 0 spiro atoms. The quantitative estimate of drug-likeness (QED) is 0.743. The van der Waals surface area contributed by atoms with Crippen LogP contribution in [0.2, 0.25) is 0 Å². The van der Waals surface area contributed by atoms with Gasteiger partial charge in [0.2, 0.25) is 5.95 Å². The average Bonchev–Trinajstić information content (AvgIpc) is 2.47. The molecule has 2 N–H and O–H groups in total. The first-order chi connectivity index (χ1) is 9.79. The number of hydrogen-bond acceptors (Lipinski definition) is 4. The normalized spacial score (nSPS) is 10.3. The predicted octanol–water partition coefficient (Wildman–Crippen LogP) is 4.13. The number of nitrogens with zero attached hydrogens (tertiary/aromatic N) is 2. The summed E-state index contributed by atoms with van der Waals surface area (Å²) < 4.78 is 0.